The van der Waals surface area contributed by atoms with Crippen molar-refractivity contribution >= 4 is 11.6 Å². The highest BCUT2D eigenvalue weighted by molar-refractivity contribution is 6.18. The average molecular weight is 177 g/mol. The minimum atomic E-state index is 0.565. The Labute approximate surface area is 74.1 Å². The van der Waals surface area contributed by atoms with E-state index in [0.29, 0.717) is 5.92 Å². The maximum atomic E-state index is 5.72. The van der Waals surface area contributed by atoms with Crippen LogP contribution in [0.3, 0.4) is 0 Å². The van der Waals surface area contributed by atoms with Crippen LogP contribution < -0.4 is 0 Å². The van der Waals surface area contributed by atoms with E-state index in [1.165, 1.54) is 12.8 Å². The number of halogens is 1. The molecule has 66 valence electrons. The van der Waals surface area contributed by atoms with Crippen molar-refractivity contribution in [1.82, 2.24) is 0 Å². The van der Waals surface area contributed by atoms with E-state index in [-0.39, 0.29) is 0 Å². The van der Waals surface area contributed by atoms with E-state index in [2.05, 4.69) is 6.92 Å². The normalized spacial score (nSPS) is 20.2. The van der Waals surface area contributed by atoms with Crippen LogP contribution in [0.1, 0.15) is 26.2 Å². The molecule has 2 heteroatoms. The molecule has 1 aliphatic rings. The summed E-state index contributed by atoms with van der Waals surface area (Å²) in [4.78, 5) is 0. The first-order valence-electron chi connectivity index (χ1n) is 4.50. The molecule has 0 saturated heterocycles. The SMILES string of the molecule is CCC(CCl)COCC1CC1. The van der Waals surface area contributed by atoms with Gasteiger partial charge in [0, 0.05) is 12.5 Å². The van der Waals surface area contributed by atoms with Gasteiger partial charge >= 0.3 is 0 Å². The Morgan fingerprint density at radius 2 is 2.27 bits per heavy atom. The van der Waals surface area contributed by atoms with Crippen molar-refractivity contribution < 1.29 is 4.74 Å². The predicted molar refractivity (Wildman–Crippen MR) is 48.0 cm³/mol. The van der Waals surface area contributed by atoms with Crippen molar-refractivity contribution in [3.8, 4) is 0 Å². The summed E-state index contributed by atoms with van der Waals surface area (Å²) in [7, 11) is 0. The smallest absolute Gasteiger partial charge is 0.0505 e. The zero-order chi connectivity index (χ0) is 8.10. The zero-order valence-corrected chi connectivity index (χ0v) is 7.94. The Morgan fingerprint density at radius 1 is 1.55 bits per heavy atom. The molecule has 1 nitrogen and oxygen atoms in total. The monoisotopic (exact) mass is 176 g/mol. The maximum Gasteiger partial charge on any atom is 0.0505 e. The lowest BCUT2D eigenvalue weighted by atomic mass is 10.1. The summed E-state index contributed by atoms with van der Waals surface area (Å²) in [6, 6.07) is 0. The van der Waals surface area contributed by atoms with Crippen LogP contribution >= 0.6 is 11.6 Å². The van der Waals surface area contributed by atoms with Gasteiger partial charge in [-0.3, -0.25) is 0 Å². The lowest BCUT2D eigenvalue weighted by molar-refractivity contribution is 0.0961. The second-order valence-corrected chi connectivity index (χ2v) is 3.72. The molecule has 0 N–H and O–H groups in total. The van der Waals surface area contributed by atoms with Crippen molar-refractivity contribution in [3.05, 3.63) is 0 Å². The molecule has 0 aromatic heterocycles. The summed E-state index contributed by atoms with van der Waals surface area (Å²) in [5.74, 6) is 2.18. The minimum Gasteiger partial charge on any atom is -0.381 e. The molecule has 1 saturated carbocycles. The molecule has 0 amide bonds. The lowest BCUT2D eigenvalue weighted by Gasteiger charge is -2.10. The maximum absolute atomic E-state index is 5.72. The van der Waals surface area contributed by atoms with Gasteiger partial charge in [-0.2, -0.15) is 0 Å². The Morgan fingerprint density at radius 3 is 2.73 bits per heavy atom. The summed E-state index contributed by atoms with van der Waals surface area (Å²) in [5, 5.41) is 0. The molecular weight excluding hydrogens is 160 g/mol. The highest BCUT2D eigenvalue weighted by Crippen LogP contribution is 2.28. The largest absolute Gasteiger partial charge is 0.381 e. The van der Waals surface area contributed by atoms with Gasteiger partial charge in [0.05, 0.1) is 6.61 Å². The first-order valence-corrected chi connectivity index (χ1v) is 5.04. The van der Waals surface area contributed by atoms with E-state index in [4.69, 9.17) is 16.3 Å². The molecule has 0 aromatic carbocycles. The van der Waals surface area contributed by atoms with Crippen LogP contribution in [0.2, 0.25) is 0 Å². The lowest BCUT2D eigenvalue weighted by Crippen LogP contribution is -2.11. The summed E-state index contributed by atoms with van der Waals surface area (Å²) in [6.45, 7) is 3.98. The van der Waals surface area contributed by atoms with Gasteiger partial charge in [0.1, 0.15) is 0 Å². The van der Waals surface area contributed by atoms with E-state index < -0.39 is 0 Å². The van der Waals surface area contributed by atoms with E-state index in [1.807, 2.05) is 0 Å². The molecule has 0 bridgehead atoms. The van der Waals surface area contributed by atoms with E-state index in [9.17, 15) is 0 Å². The van der Waals surface area contributed by atoms with Crippen LogP contribution in [0.5, 0.6) is 0 Å². The highest BCUT2D eigenvalue weighted by Gasteiger charge is 2.21. The fourth-order valence-electron chi connectivity index (χ4n) is 0.957. The summed E-state index contributed by atoms with van der Waals surface area (Å²) < 4.78 is 5.52. The zero-order valence-electron chi connectivity index (χ0n) is 7.18. The third-order valence-electron chi connectivity index (χ3n) is 2.20. The van der Waals surface area contributed by atoms with Gasteiger partial charge in [-0.1, -0.05) is 6.92 Å². The van der Waals surface area contributed by atoms with Gasteiger partial charge in [-0.05, 0) is 31.1 Å². The van der Waals surface area contributed by atoms with Gasteiger partial charge in [0.2, 0.25) is 0 Å². The Hall–Kier alpha value is 0.250. The molecule has 11 heavy (non-hydrogen) atoms. The van der Waals surface area contributed by atoms with Crippen LogP contribution in [0.4, 0.5) is 0 Å². The molecule has 1 aliphatic carbocycles. The van der Waals surface area contributed by atoms with Gasteiger partial charge in [0.25, 0.3) is 0 Å². The van der Waals surface area contributed by atoms with E-state index in [0.717, 1.165) is 31.4 Å². The van der Waals surface area contributed by atoms with Crippen molar-refractivity contribution in [2.24, 2.45) is 11.8 Å². The van der Waals surface area contributed by atoms with Gasteiger partial charge in [-0.25, -0.2) is 0 Å². The second kappa shape index (κ2) is 5.00. The van der Waals surface area contributed by atoms with Crippen LogP contribution in [-0.2, 0) is 4.74 Å². The highest BCUT2D eigenvalue weighted by atomic mass is 35.5. The average Bonchev–Trinajstić information content (AvgIpc) is 2.82. The molecule has 1 atom stereocenters. The number of rotatable bonds is 6. The first kappa shape index (κ1) is 9.34. The second-order valence-electron chi connectivity index (χ2n) is 3.41. The summed E-state index contributed by atoms with van der Waals surface area (Å²) in [6.07, 6.45) is 3.88. The van der Waals surface area contributed by atoms with Crippen molar-refractivity contribution in [3.63, 3.8) is 0 Å². The van der Waals surface area contributed by atoms with Gasteiger partial charge < -0.3 is 4.74 Å². The van der Waals surface area contributed by atoms with Crippen LogP contribution in [0, 0.1) is 11.8 Å². The summed E-state index contributed by atoms with van der Waals surface area (Å²) >= 11 is 5.72. The van der Waals surface area contributed by atoms with Crippen molar-refractivity contribution in [2.45, 2.75) is 26.2 Å². The topological polar surface area (TPSA) is 9.23 Å². The van der Waals surface area contributed by atoms with Crippen LogP contribution in [-0.4, -0.2) is 19.1 Å². The van der Waals surface area contributed by atoms with Gasteiger partial charge in [0.15, 0.2) is 0 Å². The third-order valence-corrected chi connectivity index (χ3v) is 2.64. The molecule has 0 heterocycles. The molecule has 1 fully saturated rings. The van der Waals surface area contributed by atoms with E-state index in [1.54, 1.807) is 0 Å². The molecule has 1 rings (SSSR count). The van der Waals surface area contributed by atoms with Crippen LogP contribution in [0.15, 0.2) is 0 Å². The minimum absolute atomic E-state index is 0.565. The fourth-order valence-corrected chi connectivity index (χ4v) is 1.26. The molecule has 0 aliphatic heterocycles. The number of hydrogen-bond acceptors (Lipinski definition) is 1. The van der Waals surface area contributed by atoms with Crippen molar-refractivity contribution in [1.29, 1.82) is 0 Å². The number of alkyl halides is 1. The quantitative estimate of drug-likeness (QED) is 0.566. The molecular formula is C9H17ClO. The Bertz CT molecular complexity index is 97.7. The third kappa shape index (κ3) is 3.97. The van der Waals surface area contributed by atoms with Gasteiger partial charge in [-0.15, -0.1) is 11.6 Å². The standard InChI is InChI=1S/C9H17ClO/c1-2-8(5-10)6-11-7-9-3-4-9/h8-9H,2-7H2,1H3. The molecule has 0 radical (unpaired) electrons. The molecule has 1 unspecified atom stereocenters. The number of hydrogen-bond donors (Lipinski definition) is 0. The number of ether oxygens (including phenoxy) is 1. The molecule has 0 aromatic rings. The Kier molecular flexibility index (Phi) is 4.24. The predicted octanol–water partition coefficient (Wildman–Crippen LogP) is 2.68. The van der Waals surface area contributed by atoms with E-state index >= 15 is 0 Å². The molecule has 0 spiro atoms. The Balaban J connectivity index is 1.90. The fraction of sp³-hybridized carbons (Fsp3) is 1.00. The summed E-state index contributed by atoms with van der Waals surface area (Å²) in [5.41, 5.74) is 0. The first-order chi connectivity index (χ1) is 5.36. The van der Waals surface area contributed by atoms with Crippen LogP contribution in [0.25, 0.3) is 0 Å². The van der Waals surface area contributed by atoms with Crippen molar-refractivity contribution in [2.75, 3.05) is 19.1 Å².